The lowest BCUT2D eigenvalue weighted by Crippen LogP contribution is -2.73. The molecule has 1 fully saturated rings. The molecule has 0 aromatic heterocycles. The largest absolute Gasteiger partial charge is 0.335 e. The highest BCUT2D eigenvalue weighted by Crippen LogP contribution is 2.51. The first-order valence-electron chi connectivity index (χ1n) is 6.77. The van der Waals surface area contributed by atoms with Crippen LogP contribution in [0.4, 0.5) is 0 Å². The fourth-order valence-corrected chi connectivity index (χ4v) is 6.22. The van der Waals surface area contributed by atoms with Crippen molar-refractivity contribution >= 4 is 15.7 Å². The molecule has 2 heterocycles. The van der Waals surface area contributed by atoms with Gasteiger partial charge in [-0.05, 0) is 44.1 Å². The molecule has 0 aromatic carbocycles. The number of nitrogens with zero attached hydrogens (tertiary/aromatic N) is 1. The summed E-state index contributed by atoms with van der Waals surface area (Å²) in [5, 5.41) is 1.31. The summed E-state index contributed by atoms with van der Waals surface area (Å²) < 4.78 is 23.7. The Labute approximate surface area is 114 Å². The number of hydrogen-bond acceptors (Lipinski definition) is 3. The number of hydrogen-bond donors (Lipinski definition) is 0. The zero-order valence-corrected chi connectivity index (χ0v) is 12.1. The number of allylic oxidation sites excluding steroid dienone is 2. The van der Waals surface area contributed by atoms with Crippen LogP contribution >= 0.6 is 0 Å². The second-order valence-electron chi connectivity index (χ2n) is 5.94. The lowest BCUT2D eigenvalue weighted by atomic mass is 9.75. The Hall–Kier alpha value is -1.10. The van der Waals surface area contributed by atoms with E-state index in [2.05, 4.69) is 12.2 Å². The number of sulfone groups is 1. The first-order valence-corrected chi connectivity index (χ1v) is 8.31. The second kappa shape index (κ2) is 3.95. The Morgan fingerprint density at radius 3 is 2.84 bits per heavy atom. The standard InChI is InChI=1S/C14H19NO3S/c1-10-9-19(17,18)14(12(10)15(2)13(14)16)8-11-6-4-3-5-7-11/h4,6,9,11-12H,3,5,7-8H2,1-2H3/t11-,12+,14-/m1/s1. The topological polar surface area (TPSA) is 54.5 Å². The molecular formula is C14H19NO3S. The van der Waals surface area contributed by atoms with Gasteiger partial charge in [0.05, 0.1) is 6.04 Å². The number of fused-ring (bicyclic) bond motifs is 1. The van der Waals surface area contributed by atoms with Gasteiger partial charge in [-0.15, -0.1) is 0 Å². The maximum Gasteiger partial charge on any atom is 0.247 e. The van der Waals surface area contributed by atoms with Gasteiger partial charge in [0.25, 0.3) is 0 Å². The highest BCUT2D eigenvalue weighted by atomic mass is 32.2. The second-order valence-corrected chi connectivity index (χ2v) is 7.99. The molecule has 104 valence electrons. The zero-order chi connectivity index (χ0) is 13.8. The van der Waals surface area contributed by atoms with Crippen molar-refractivity contribution in [2.24, 2.45) is 5.92 Å². The average molecular weight is 281 g/mol. The SMILES string of the molecule is CC1=CS(=O)(=O)[C@@]2(C[C@@H]3C=CCCC3)C(=O)N(C)[C@@H]12. The molecule has 0 aromatic rings. The van der Waals surface area contributed by atoms with Crippen molar-refractivity contribution in [3.8, 4) is 0 Å². The van der Waals surface area contributed by atoms with E-state index in [4.69, 9.17) is 0 Å². The molecule has 0 unspecified atom stereocenters. The summed E-state index contributed by atoms with van der Waals surface area (Å²) in [4.78, 5) is 13.9. The number of amides is 1. The molecule has 0 radical (unpaired) electrons. The van der Waals surface area contributed by atoms with Crippen molar-refractivity contribution in [3.05, 3.63) is 23.1 Å². The molecule has 0 N–H and O–H groups in total. The van der Waals surface area contributed by atoms with Crippen LogP contribution in [0.3, 0.4) is 0 Å². The van der Waals surface area contributed by atoms with Gasteiger partial charge in [0.2, 0.25) is 5.91 Å². The lowest BCUT2D eigenvalue weighted by molar-refractivity contribution is -0.148. The highest BCUT2D eigenvalue weighted by Gasteiger charge is 2.70. The molecule has 1 amide bonds. The number of β-lactam (4-membered cyclic amide) rings is 1. The number of carbonyl (C=O) groups is 1. The van der Waals surface area contributed by atoms with Crippen molar-refractivity contribution in [2.75, 3.05) is 7.05 Å². The van der Waals surface area contributed by atoms with E-state index in [0.29, 0.717) is 6.42 Å². The summed E-state index contributed by atoms with van der Waals surface area (Å²) in [6.45, 7) is 1.81. The quantitative estimate of drug-likeness (QED) is 0.571. The van der Waals surface area contributed by atoms with Gasteiger partial charge >= 0.3 is 0 Å². The van der Waals surface area contributed by atoms with Crippen molar-refractivity contribution in [1.82, 2.24) is 4.90 Å². The Morgan fingerprint density at radius 1 is 1.47 bits per heavy atom. The first kappa shape index (κ1) is 12.9. The molecule has 1 saturated heterocycles. The van der Waals surface area contributed by atoms with Crippen LogP contribution in [0.25, 0.3) is 0 Å². The predicted octanol–water partition coefficient (Wildman–Crippen LogP) is 1.64. The van der Waals surface area contributed by atoms with Gasteiger partial charge in [-0.2, -0.15) is 0 Å². The van der Waals surface area contributed by atoms with Crippen LogP contribution in [-0.4, -0.2) is 37.1 Å². The van der Waals surface area contributed by atoms with Crippen LogP contribution in [0.2, 0.25) is 0 Å². The molecular weight excluding hydrogens is 262 g/mol. The van der Waals surface area contributed by atoms with Gasteiger partial charge in [-0.1, -0.05) is 12.2 Å². The minimum absolute atomic E-state index is 0.211. The van der Waals surface area contributed by atoms with Gasteiger partial charge in [-0.3, -0.25) is 4.79 Å². The average Bonchev–Trinajstić information content (AvgIpc) is 2.55. The van der Waals surface area contributed by atoms with E-state index in [1.807, 2.05) is 6.92 Å². The summed E-state index contributed by atoms with van der Waals surface area (Å²) in [5.74, 6) is -0.0208. The van der Waals surface area contributed by atoms with E-state index in [-0.39, 0.29) is 17.9 Å². The third-order valence-corrected chi connectivity index (χ3v) is 6.97. The van der Waals surface area contributed by atoms with Crippen LogP contribution < -0.4 is 0 Å². The first-order chi connectivity index (χ1) is 8.90. The van der Waals surface area contributed by atoms with Crippen LogP contribution in [0.15, 0.2) is 23.1 Å². The van der Waals surface area contributed by atoms with Crippen LogP contribution in [-0.2, 0) is 14.6 Å². The minimum Gasteiger partial charge on any atom is -0.335 e. The molecule has 0 saturated carbocycles. The third kappa shape index (κ3) is 1.51. The van der Waals surface area contributed by atoms with E-state index in [9.17, 15) is 13.2 Å². The van der Waals surface area contributed by atoms with Crippen molar-refractivity contribution in [1.29, 1.82) is 0 Å². The predicted molar refractivity (Wildman–Crippen MR) is 73.1 cm³/mol. The Kier molecular flexibility index (Phi) is 2.68. The highest BCUT2D eigenvalue weighted by molar-refractivity contribution is 7.97. The van der Waals surface area contributed by atoms with Crippen LogP contribution in [0.5, 0.6) is 0 Å². The van der Waals surface area contributed by atoms with E-state index >= 15 is 0 Å². The van der Waals surface area contributed by atoms with Crippen LogP contribution in [0.1, 0.15) is 32.6 Å². The summed E-state index contributed by atoms with van der Waals surface area (Å²) in [7, 11) is -1.77. The summed E-state index contributed by atoms with van der Waals surface area (Å²) in [5.41, 5.74) is 0.793. The van der Waals surface area contributed by atoms with Crippen molar-refractivity contribution in [3.63, 3.8) is 0 Å². The smallest absolute Gasteiger partial charge is 0.247 e. The molecule has 3 rings (SSSR count). The van der Waals surface area contributed by atoms with E-state index in [1.165, 1.54) is 5.41 Å². The van der Waals surface area contributed by atoms with Gasteiger partial charge in [-0.25, -0.2) is 8.42 Å². The Balaban J connectivity index is 1.98. The molecule has 4 nitrogen and oxygen atoms in total. The van der Waals surface area contributed by atoms with E-state index in [0.717, 1.165) is 24.8 Å². The fourth-order valence-electron chi connectivity index (χ4n) is 3.90. The molecule has 2 aliphatic heterocycles. The summed E-state index contributed by atoms with van der Waals surface area (Å²) in [6.07, 6.45) is 7.76. The third-order valence-electron chi connectivity index (χ3n) is 4.71. The fraction of sp³-hybridized carbons (Fsp3) is 0.643. The zero-order valence-electron chi connectivity index (χ0n) is 11.3. The van der Waals surface area contributed by atoms with Gasteiger partial charge in [0, 0.05) is 12.5 Å². The molecule has 3 aliphatic rings. The maximum atomic E-state index is 12.4. The Bertz CT molecular complexity index is 590. The van der Waals surface area contributed by atoms with Crippen molar-refractivity contribution < 1.29 is 13.2 Å². The van der Waals surface area contributed by atoms with E-state index in [1.54, 1.807) is 11.9 Å². The van der Waals surface area contributed by atoms with Crippen LogP contribution in [0, 0.1) is 5.92 Å². The molecule has 0 spiro atoms. The molecule has 19 heavy (non-hydrogen) atoms. The molecule has 5 heteroatoms. The Morgan fingerprint density at radius 2 is 2.21 bits per heavy atom. The minimum atomic E-state index is -3.47. The molecule has 3 atom stereocenters. The van der Waals surface area contributed by atoms with Gasteiger partial charge < -0.3 is 4.90 Å². The molecule has 1 aliphatic carbocycles. The van der Waals surface area contributed by atoms with E-state index < -0.39 is 14.6 Å². The normalized spacial score (nSPS) is 39.8. The molecule has 0 bridgehead atoms. The van der Waals surface area contributed by atoms with Gasteiger partial charge in [0.1, 0.15) is 0 Å². The lowest BCUT2D eigenvalue weighted by Gasteiger charge is -2.51. The van der Waals surface area contributed by atoms with Gasteiger partial charge in [0.15, 0.2) is 14.6 Å². The number of likely N-dealkylation sites (N-methyl/N-ethyl adjacent to an activating group) is 1. The number of rotatable bonds is 2. The monoisotopic (exact) mass is 281 g/mol. The summed E-state index contributed by atoms with van der Waals surface area (Å²) in [6, 6.07) is -0.250. The maximum absolute atomic E-state index is 12.4. The summed E-state index contributed by atoms with van der Waals surface area (Å²) >= 11 is 0. The number of carbonyl (C=O) groups excluding carboxylic acids is 1. The van der Waals surface area contributed by atoms with Crippen molar-refractivity contribution in [2.45, 2.75) is 43.4 Å². The number of likely N-dealkylation sites (tertiary alicyclic amines) is 1.